The Morgan fingerprint density at radius 1 is 1.30 bits per heavy atom. The molecular formula is C16H17N5O2. The molecule has 0 bridgehead atoms. The number of anilines is 1. The largest absolute Gasteiger partial charge is 0.324 e. The molecule has 7 nitrogen and oxygen atoms in total. The summed E-state index contributed by atoms with van der Waals surface area (Å²) >= 11 is 0. The summed E-state index contributed by atoms with van der Waals surface area (Å²) in [6.07, 6.45) is 3.66. The lowest BCUT2D eigenvalue weighted by Crippen LogP contribution is -2.28. The van der Waals surface area contributed by atoms with Gasteiger partial charge >= 0.3 is 0 Å². The van der Waals surface area contributed by atoms with Crippen LogP contribution in [-0.2, 0) is 24.8 Å². The number of aromatic nitrogens is 4. The highest BCUT2D eigenvalue weighted by molar-refractivity contribution is 5.91. The summed E-state index contributed by atoms with van der Waals surface area (Å²) in [4.78, 5) is 28.7. The number of rotatable bonds is 4. The number of fused-ring (bicyclic) bond motifs is 1. The number of para-hydroxylation sites is 1. The lowest BCUT2D eigenvalue weighted by atomic mass is 10.1. The molecule has 2 heterocycles. The average molecular weight is 311 g/mol. The van der Waals surface area contributed by atoms with E-state index in [9.17, 15) is 9.59 Å². The number of hydrogen-bond donors (Lipinski definition) is 1. The second-order valence-corrected chi connectivity index (χ2v) is 5.24. The van der Waals surface area contributed by atoms with Crippen LogP contribution >= 0.6 is 0 Å². The maximum absolute atomic E-state index is 12.3. The van der Waals surface area contributed by atoms with Gasteiger partial charge in [0.25, 0.3) is 5.56 Å². The van der Waals surface area contributed by atoms with E-state index in [0.717, 1.165) is 17.7 Å². The van der Waals surface area contributed by atoms with E-state index in [4.69, 9.17) is 0 Å². The van der Waals surface area contributed by atoms with Crippen molar-refractivity contribution < 1.29 is 4.79 Å². The van der Waals surface area contributed by atoms with Gasteiger partial charge < -0.3 is 5.32 Å². The van der Waals surface area contributed by atoms with Crippen molar-refractivity contribution in [3.05, 3.63) is 52.7 Å². The Labute approximate surface area is 132 Å². The molecule has 0 aliphatic carbocycles. The van der Waals surface area contributed by atoms with Gasteiger partial charge in [0, 0.05) is 12.7 Å². The second kappa shape index (κ2) is 6.04. The van der Waals surface area contributed by atoms with Crippen molar-refractivity contribution in [2.45, 2.75) is 19.9 Å². The summed E-state index contributed by atoms with van der Waals surface area (Å²) in [5.41, 5.74) is 2.04. The quantitative estimate of drug-likeness (QED) is 0.788. The number of aryl methyl sites for hydroxylation is 2. The zero-order valence-corrected chi connectivity index (χ0v) is 13.0. The number of hydrogen-bond acceptors (Lipinski definition) is 4. The first-order valence-electron chi connectivity index (χ1n) is 7.35. The highest BCUT2D eigenvalue weighted by atomic mass is 16.2. The Bertz CT molecular complexity index is 926. The smallest absolute Gasteiger partial charge is 0.264 e. The Kier molecular flexibility index (Phi) is 3.92. The molecular weight excluding hydrogens is 294 g/mol. The van der Waals surface area contributed by atoms with E-state index in [1.54, 1.807) is 7.05 Å². The third-order valence-electron chi connectivity index (χ3n) is 3.70. The average Bonchev–Trinajstić information content (AvgIpc) is 2.92. The minimum Gasteiger partial charge on any atom is -0.324 e. The zero-order chi connectivity index (χ0) is 16.4. The summed E-state index contributed by atoms with van der Waals surface area (Å²) in [5, 5.41) is 7.25. The molecule has 0 saturated heterocycles. The Balaban J connectivity index is 1.83. The van der Waals surface area contributed by atoms with Crippen LogP contribution in [0.15, 0.2) is 41.6 Å². The van der Waals surface area contributed by atoms with Gasteiger partial charge in [-0.15, -0.1) is 0 Å². The number of nitrogens with one attached hydrogen (secondary N) is 1. The van der Waals surface area contributed by atoms with Gasteiger partial charge in [0.05, 0.1) is 6.20 Å². The fraction of sp³-hybridized carbons (Fsp3) is 0.250. The second-order valence-electron chi connectivity index (χ2n) is 5.24. The Hall–Kier alpha value is -2.96. The van der Waals surface area contributed by atoms with Crippen LogP contribution in [0.5, 0.6) is 0 Å². The number of nitrogens with zero attached hydrogens (tertiary/aromatic N) is 4. The minimum atomic E-state index is -0.276. The molecule has 118 valence electrons. The van der Waals surface area contributed by atoms with Crippen molar-refractivity contribution in [2.24, 2.45) is 7.05 Å². The molecule has 0 fully saturated rings. The molecule has 1 amide bonds. The van der Waals surface area contributed by atoms with Crippen molar-refractivity contribution in [3.63, 3.8) is 0 Å². The van der Waals surface area contributed by atoms with E-state index < -0.39 is 0 Å². The third kappa shape index (κ3) is 2.85. The summed E-state index contributed by atoms with van der Waals surface area (Å²) < 4.78 is 2.81. The Morgan fingerprint density at radius 3 is 2.87 bits per heavy atom. The minimum absolute atomic E-state index is 0.0886. The summed E-state index contributed by atoms with van der Waals surface area (Å²) in [7, 11) is 1.72. The van der Waals surface area contributed by atoms with Crippen LogP contribution in [0.3, 0.4) is 0 Å². The molecule has 2 aromatic heterocycles. The summed E-state index contributed by atoms with van der Waals surface area (Å²) in [6, 6.07) is 7.61. The summed E-state index contributed by atoms with van der Waals surface area (Å²) in [5.74, 6) is -0.266. The van der Waals surface area contributed by atoms with Crippen LogP contribution in [0.2, 0.25) is 0 Å². The van der Waals surface area contributed by atoms with Crippen LogP contribution < -0.4 is 10.9 Å². The van der Waals surface area contributed by atoms with Gasteiger partial charge in [-0.05, 0) is 18.1 Å². The number of amides is 1. The maximum atomic E-state index is 12.3. The molecule has 0 radical (unpaired) electrons. The van der Waals surface area contributed by atoms with E-state index in [-0.39, 0.29) is 18.0 Å². The fourth-order valence-corrected chi connectivity index (χ4v) is 2.47. The third-order valence-corrected chi connectivity index (χ3v) is 3.70. The van der Waals surface area contributed by atoms with Crippen LogP contribution in [0.25, 0.3) is 11.0 Å². The van der Waals surface area contributed by atoms with E-state index in [1.165, 1.54) is 21.8 Å². The first-order valence-corrected chi connectivity index (χ1v) is 7.35. The van der Waals surface area contributed by atoms with Crippen molar-refractivity contribution in [2.75, 3.05) is 5.32 Å². The molecule has 1 aromatic carbocycles. The van der Waals surface area contributed by atoms with Gasteiger partial charge in [0.15, 0.2) is 5.65 Å². The molecule has 23 heavy (non-hydrogen) atoms. The molecule has 0 spiro atoms. The summed E-state index contributed by atoms with van der Waals surface area (Å²) in [6.45, 7) is 1.93. The van der Waals surface area contributed by atoms with Crippen molar-refractivity contribution >= 4 is 22.6 Å². The first-order chi connectivity index (χ1) is 11.1. The van der Waals surface area contributed by atoms with Crippen molar-refractivity contribution in [3.8, 4) is 0 Å². The molecule has 0 unspecified atom stereocenters. The van der Waals surface area contributed by atoms with Crippen molar-refractivity contribution in [1.29, 1.82) is 0 Å². The van der Waals surface area contributed by atoms with Gasteiger partial charge in [-0.1, -0.05) is 25.1 Å². The Morgan fingerprint density at radius 2 is 2.09 bits per heavy atom. The fourth-order valence-electron chi connectivity index (χ4n) is 2.47. The maximum Gasteiger partial charge on any atom is 0.264 e. The van der Waals surface area contributed by atoms with Gasteiger partial charge in [-0.25, -0.2) is 4.98 Å². The standard InChI is InChI=1S/C16H17N5O2/c1-3-11-6-4-5-7-13(11)19-14(22)9-21-10-17-15-12(16(21)23)8-18-20(15)2/h4-8,10H,3,9H2,1-2H3,(H,19,22). The topological polar surface area (TPSA) is 81.8 Å². The lowest BCUT2D eigenvalue weighted by molar-refractivity contribution is -0.116. The van der Waals surface area contributed by atoms with Crippen LogP contribution in [0.4, 0.5) is 5.69 Å². The van der Waals surface area contributed by atoms with Crippen LogP contribution in [0.1, 0.15) is 12.5 Å². The molecule has 0 aliphatic heterocycles. The molecule has 3 rings (SSSR count). The molecule has 3 aromatic rings. The van der Waals surface area contributed by atoms with Gasteiger partial charge in [-0.3, -0.25) is 18.8 Å². The molecule has 7 heteroatoms. The highest BCUT2D eigenvalue weighted by Gasteiger charge is 2.11. The number of carbonyl (C=O) groups is 1. The van der Waals surface area contributed by atoms with Crippen LogP contribution in [-0.4, -0.2) is 25.2 Å². The SMILES string of the molecule is CCc1ccccc1NC(=O)Cn1cnc2c(cnn2C)c1=O. The van der Waals surface area contributed by atoms with Gasteiger partial charge in [0.1, 0.15) is 18.3 Å². The predicted molar refractivity (Wildman–Crippen MR) is 87.2 cm³/mol. The lowest BCUT2D eigenvalue weighted by Gasteiger charge is -2.10. The molecule has 0 aliphatic rings. The van der Waals surface area contributed by atoms with E-state index >= 15 is 0 Å². The highest BCUT2D eigenvalue weighted by Crippen LogP contribution is 2.15. The van der Waals surface area contributed by atoms with Gasteiger partial charge in [-0.2, -0.15) is 5.10 Å². The number of benzene rings is 1. The van der Waals surface area contributed by atoms with Gasteiger partial charge in [0.2, 0.25) is 5.91 Å². The predicted octanol–water partition coefficient (Wildman–Crippen LogP) is 1.33. The van der Waals surface area contributed by atoms with E-state index in [2.05, 4.69) is 15.4 Å². The first kappa shape index (κ1) is 15.0. The van der Waals surface area contributed by atoms with E-state index in [0.29, 0.717) is 11.0 Å². The molecule has 0 saturated carbocycles. The monoisotopic (exact) mass is 311 g/mol. The zero-order valence-electron chi connectivity index (χ0n) is 13.0. The molecule has 1 N–H and O–H groups in total. The van der Waals surface area contributed by atoms with Crippen molar-refractivity contribution in [1.82, 2.24) is 19.3 Å². The number of carbonyl (C=O) groups excluding carboxylic acids is 1. The van der Waals surface area contributed by atoms with E-state index in [1.807, 2.05) is 31.2 Å². The molecule has 0 atom stereocenters. The normalized spacial score (nSPS) is 10.9. The van der Waals surface area contributed by atoms with Crippen LogP contribution in [0, 0.1) is 0 Å².